The number of para-hydroxylation sites is 1. The van der Waals surface area contributed by atoms with Gasteiger partial charge in [-0.1, -0.05) is 42.5 Å². The maximum Gasteiger partial charge on any atom is 0.257 e. The Balaban J connectivity index is 1.42. The quantitative estimate of drug-likeness (QED) is 0.509. The third-order valence-electron chi connectivity index (χ3n) is 4.45. The smallest absolute Gasteiger partial charge is 0.257 e. The Kier molecular flexibility index (Phi) is 4.06. The fourth-order valence-electron chi connectivity index (χ4n) is 3.13. The van der Waals surface area contributed by atoms with E-state index < -0.39 is 0 Å². The lowest BCUT2D eigenvalue weighted by Gasteiger charge is -2.05. The molecule has 6 nitrogen and oxygen atoms in total. The van der Waals surface area contributed by atoms with Crippen LogP contribution in [-0.4, -0.2) is 25.5 Å². The van der Waals surface area contributed by atoms with Crippen molar-refractivity contribution in [2.24, 2.45) is 0 Å². The molecule has 0 saturated carbocycles. The van der Waals surface area contributed by atoms with Gasteiger partial charge in [0, 0.05) is 11.8 Å². The van der Waals surface area contributed by atoms with Gasteiger partial charge >= 0.3 is 0 Å². The molecular weight excluding hydrogens is 370 g/mol. The molecule has 0 unspecified atom stereocenters. The monoisotopic (exact) mass is 385 g/mol. The van der Waals surface area contributed by atoms with Gasteiger partial charge in [0.25, 0.3) is 5.91 Å². The summed E-state index contributed by atoms with van der Waals surface area (Å²) in [6, 6.07) is 19.7. The molecule has 0 saturated heterocycles. The molecule has 0 fully saturated rings. The lowest BCUT2D eigenvalue weighted by Crippen LogP contribution is -2.22. The van der Waals surface area contributed by atoms with Gasteiger partial charge in [-0.3, -0.25) is 4.79 Å². The number of nitrogens with zero attached hydrogens (tertiary/aromatic N) is 4. The summed E-state index contributed by atoms with van der Waals surface area (Å²) >= 11 is 1.58. The number of hydrogen-bond donors (Lipinski definition) is 1. The predicted octanol–water partition coefficient (Wildman–Crippen LogP) is 3.94. The first-order chi connectivity index (χ1) is 13.8. The molecule has 0 radical (unpaired) electrons. The third-order valence-corrected chi connectivity index (χ3v) is 5.49. The average molecular weight is 385 g/mol. The van der Waals surface area contributed by atoms with Gasteiger partial charge in [-0.2, -0.15) is 5.10 Å². The van der Waals surface area contributed by atoms with E-state index in [0.29, 0.717) is 17.8 Å². The van der Waals surface area contributed by atoms with E-state index in [2.05, 4.69) is 20.4 Å². The van der Waals surface area contributed by atoms with Crippen molar-refractivity contribution in [1.82, 2.24) is 24.9 Å². The molecule has 3 heterocycles. The minimum atomic E-state index is -0.216. The first kappa shape index (κ1) is 16.6. The molecule has 0 atom stereocenters. The second-order valence-corrected chi connectivity index (χ2v) is 7.36. The van der Waals surface area contributed by atoms with Crippen LogP contribution in [0.2, 0.25) is 0 Å². The van der Waals surface area contributed by atoms with E-state index in [-0.39, 0.29) is 5.91 Å². The number of rotatable bonds is 4. The second kappa shape index (κ2) is 6.86. The minimum absolute atomic E-state index is 0.216. The van der Waals surface area contributed by atoms with Crippen LogP contribution in [0.4, 0.5) is 0 Å². The molecule has 0 spiro atoms. The molecule has 28 heavy (non-hydrogen) atoms. The maximum absolute atomic E-state index is 12.7. The molecule has 2 aromatic carbocycles. The predicted molar refractivity (Wildman–Crippen MR) is 109 cm³/mol. The van der Waals surface area contributed by atoms with Gasteiger partial charge in [-0.15, -0.1) is 11.3 Å². The van der Waals surface area contributed by atoms with Crippen LogP contribution in [0.3, 0.4) is 0 Å². The van der Waals surface area contributed by atoms with E-state index in [4.69, 9.17) is 0 Å². The van der Waals surface area contributed by atoms with Gasteiger partial charge in [0.15, 0.2) is 5.65 Å². The number of carbonyl (C=O) groups excluding carboxylic acids is 1. The summed E-state index contributed by atoms with van der Waals surface area (Å²) in [6.45, 7) is 0.369. The van der Waals surface area contributed by atoms with Crippen molar-refractivity contribution >= 4 is 33.1 Å². The standard InChI is InChI=1S/C21H15N5OS/c27-21(23-13-19-25-16-8-4-5-9-18(16)28-19)15-12-24-26-17(10-11-22-20(15)26)14-6-2-1-3-7-14/h1-12H,13H2,(H,23,27). The van der Waals surface area contributed by atoms with Crippen LogP contribution in [0.1, 0.15) is 15.4 Å². The number of carbonyl (C=O) groups is 1. The van der Waals surface area contributed by atoms with E-state index in [1.807, 2.05) is 60.7 Å². The second-order valence-electron chi connectivity index (χ2n) is 6.25. The first-order valence-corrected chi connectivity index (χ1v) is 9.62. The highest BCUT2D eigenvalue weighted by Crippen LogP contribution is 2.22. The van der Waals surface area contributed by atoms with Crippen LogP contribution >= 0.6 is 11.3 Å². The fraction of sp³-hybridized carbons (Fsp3) is 0.0476. The lowest BCUT2D eigenvalue weighted by atomic mass is 10.1. The summed E-state index contributed by atoms with van der Waals surface area (Å²) < 4.78 is 2.80. The average Bonchev–Trinajstić information content (AvgIpc) is 3.36. The third kappa shape index (κ3) is 2.91. The van der Waals surface area contributed by atoms with Crippen LogP contribution in [-0.2, 0) is 6.54 Å². The van der Waals surface area contributed by atoms with Crippen LogP contribution < -0.4 is 5.32 Å². The van der Waals surface area contributed by atoms with Crippen molar-refractivity contribution in [1.29, 1.82) is 0 Å². The van der Waals surface area contributed by atoms with E-state index in [1.165, 1.54) is 0 Å². The molecule has 1 N–H and O–H groups in total. The Labute approximate surface area is 164 Å². The summed E-state index contributed by atoms with van der Waals surface area (Å²) in [4.78, 5) is 21.6. The highest BCUT2D eigenvalue weighted by Gasteiger charge is 2.16. The maximum atomic E-state index is 12.7. The van der Waals surface area contributed by atoms with Gasteiger partial charge in [-0.25, -0.2) is 14.5 Å². The Bertz CT molecular complexity index is 1260. The van der Waals surface area contributed by atoms with Crippen LogP contribution in [0, 0.1) is 0 Å². The number of nitrogens with one attached hydrogen (secondary N) is 1. The van der Waals surface area contributed by atoms with E-state index in [9.17, 15) is 4.79 Å². The zero-order valence-electron chi connectivity index (χ0n) is 14.7. The van der Waals surface area contributed by atoms with Crippen molar-refractivity contribution in [2.75, 3.05) is 0 Å². The molecule has 5 aromatic rings. The largest absolute Gasteiger partial charge is 0.345 e. The lowest BCUT2D eigenvalue weighted by molar-refractivity contribution is 0.0952. The summed E-state index contributed by atoms with van der Waals surface area (Å²) in [5.74, 6) is -0.216. The number of benzene rings is 2. The molecule has 0 bridgehead atoms. The summed E-state index contributed by atoms with van der Waals surface area (Å²) in [7, 11) is 0. The van der Waals surface area contributed by atoms with E-state index in [0.717, 1.165) is 26.5 Å². The van der Waals surface area contributed by atoms with Gasteiger partial charge in [-0.05, 0) is 18.2 Å². The highest BCUT2D eigenvalue weighted by atomic mass is 32.1. The van der Waals surface area contributed by atoms with Crippen molar-refractivity contribution in [3.05, 3.63) is 83.6 Å². The SMILES string of the molecule is O=C(NCc1nc2ccccc2s1)c1cnn2c(-c3ccccc3)ccnc12. The minimum Gasteiger partial charge on any atom is -0.345 e. The van der Waals surface area contributed by atoms with Crippen molar-refractivity contribution in [3.8, 4) is 11.3 Å². The molecule has 136 valence electrons. The van der Waals surface area contributed by atoms with Gasteiger partial charge in [0.1, 0.15) is 10.6 Å². The number of hydrogen-bond acceptors (Lipinski definition) is 5. The van der Waals surface area contributed by atoms with Crippen LogP contribution in [0.15, 0.2) is 73.1 Å². The van der Waals surface area contributed by atoms with Gasteiger partial charge < -0.3 is 5.32 Å². The highest BCUT2D eigenvalue weighted by molar-refractivity contribution is 7.18. The molecule has 5 rings (SSSR count). The van der Waals surface area contributed by atoms with Crippen molar-refractivity contribution in [3.63, 3.8) is 0 Å². The summed E-state index contributed by atoms with van der Waals surface area (Å²) in [5, 5.41) is 8.18. The molecule has 7 heteroatoms. The Morgan fingerprint density at radius 3 is 2.71 bits per heavy atom. The molecule has 3 aromatic heterocycles. The number of thiazole rings is 1. The van der Waals surface area contributed by atoms with Gasteiger partial charge in [0.2, 0.25) is 0 Å². The normalized spacial score (nSPS) is 11.1. The zero-order valence-corrected chi connectivity index (χ0v) is 15.6. The summed E-state index contributed by atoms with van der Waals surface area (Å²) in [5.41, 5.74) is 3.82. The Morgan fingerprint density at radius 1 is 1.04 bits per heavy atom. The van der Waals surface area contributed by atoms with Crippen molar-refractivity contribution < 1.29 is 4.79 Å². The molecular formula is C21H15N5OS. The van der Waals surface area contributed by atoms with Crippen LogP contribution in [0.25, 0.3) is 27.1 Å². The first-order valence-electron chi connectivity index (χ1n) is 8.80. The zero-order chi connectivity index (χ0) is 18.9. The van der Waals surface area contributed by atoms with Crippen LogP contribution in [0.5, 0.6) is 0 Å². The van der Waals surface area contributed by atoms with E-state index in [1.54, 1.807) is 28.2 Å². The number of fused-ring (bicyclic) bond motifs is 2. The van der Waals surface area contributed by atoms with Crippen molar-refractivity contribution in [2.45, 2.75) is 6.54 Å². The molecule has 0 aliphatic heterocycles. The number of amides is 1. The Morgan fingerprint density at radius 2 is 1.86 bits per heavy atom. The summed E-state index contributed by atoms with van der Waals surface area (Å²) in [6.07, 6.45) is 3.26. The fourth-order valence-corrected chi connectivity index (χ4v) is 4.03. The molecule has 0 aliphatic carbocycles. The molecule has 1 amide bonds. The topological polar surface area (TPSA) is 72.2 Å². The van der Waals surface area contributed by atoms with Gasteiger partial charge in [0.05, 0.1) is 28.7 Å². The van der Waals surface area contributed by atoms with E-state index >= 15 is 0 Å². The molecule has 0 aliphatic rings. The number of aromatic nitrogens is 4. The Hall–Kier alpha value is -3.58.